The average Bonchev–Trinajstić information content (AvgIpc) is 2.56. The van der Waals surface area contributed by atoms with Crippen LogP contribution in [0.4, 0.5) is 5.69 Å². The van der Waals surface area contributed by atoms with Crippen LogP contribution in [-0.4, -0.2) is 22.5 Å². The van der Waals surface area contributed by atoms with E-state index in [-0.39, 0.29) is 18.0 Å². The Bertz CT molecular complexity index is 443. The highest BCUT2D eigenvalue weighted by Gasteiger charge is 2.28. The van der Waals surface area contributed by atoms with E-state index in [1.807, 2.05) is 0 Å². The van der Waals surface area contributed by atoms with Crippen molar-refractivity contribution >= 4 is 11.6 Å². The summed E-state index contributed by atoms with van der Waals surface area (Å²) in [5.41, 5.74) is -0.808. The maximum atomic E-state index is 11.3. The number of terminal acetylenes is 1. The molecule has 1 rings (SSSR count). The molecular weight excluding hydrogens is 202 g/mol. The van der Waals surface area contributed by atoms with Gasteiger partial charge in [0.2, 0.25) is 11.5 Å². The van der Waals surface area contributed by atoms with Gasteiger partial charge in [0.25, 0.3) is 5.91 Å². The van der Waals surface area contributed by atoms with Gasteiger partial charge in [0, 0.05) is 6.92 Å². The summed E-state index contributed by atoms with van der Waals surface area (Å²) in [6.07, 6.45) is 4.92. The molecule has 0 unspecified atom stereocenters. The van der Waals surface area contributed by atoms with Gasteiger partial charge < -0.3 is 9.84 Å². The van der Waals surface area contributed by atoms with Gasteiger partial charge in [0.05, 0.1) is 11.5 Å². The minimum absolute atomic E-state index is 0.0224. The fourth-order valence-corrected chi connectivity index (χ4v) is 0.946. The first-order valence-corrected chi connectivity index (χ1v) is 3.90. The third kappa shape index (κ3) is 2.11. The van der Waals surface area contributed by atoms with E-state index in [0.29, 0.717) is 0 Å². The van der Waals surface area contributed by atoms with Crippen LogP contribution in [0.15, 0.2) is 4.52 Å². The molecule has 1 amide bonds. The zero-order valence-electron chi connectivity index (χ0n) is 7.81. The Morgan fingerprint density at radius 3 is 3.00 bits per heavy atom. The third-order valence-corrected chi connectivity index (χ3v) is 1.58. The highest BCUT2D eigenvalue weighted by molar-refractivity contribution is 5.96. The van der Waals surface area contributed by atoms with Crippen molar-refractivity contribution < 1.29 is 14.2 Å². The summed E-state index contributed by atoms with van der Waals surface area (Å²) in [6.45, 7) is 1.32. The normalized spacial score (nSPS) is 9.33. The highest BCUT2D eigenvalue weighted by Crippen LogP contribution is 2.21. The Kier molecular flexibility index (Phi) is 3.03. The van der Waals surface area contributed by atoms with Gasteiger partial charge in [-0.3, -0.25) is 14.9 Å². The van der Waals surface area contributed by atoms with Crippen LogP contribution in [0.3, 0.4) is 0 Å². The second-order valence-corrected chi connectivity index (χ2v) is 2.58. The number of rotatable bonds is 3. The second kappa shape index (κ2) is 4.23. The predicted octanol–water partition coefficient (Wildman–Crippen LogP) is 0.254. The third-order valence-electron chi connectivity index (χ3n) is 1.58. The molecule has 0 saturated heterocycles. The topological polar surface area (TPSA) is 98.3 Å². The van der Waals surface area contributed by atoms with E-state index in [4.69, 9.17) is 6.42 Å². The van der Waals surface area contributed by atoms with Crippen LogP contribution in [0.25, 0.3) is 0 Å². The quantitative estimate of drug-likeness (QED) is 0.437. The van der Waals surface area contributed by atoms with Crippen LogP contribution in [0.2, 0.25) is 0 Å². The van der Waals surface area contributed by atoms with Gasteiger partial charge in [-0.25, -0.2) is 0 Å². The SMILES string of the molecule is C#CCNC(=O)c1noc(C)c1[N+](=O)[O-]. The number of carbonyl (C=O) groups excluding carboxylic acids is 1. The maximum absolute atomic E-state index is 11.3. The Morgan fingerprint density at radius 2 is 2.47 bits per heavy atom. The Morgan fingerprint density at radius 1 is 1.80 bits per heavy atom. The fraction of sp³-hybridized carbons (Fsp3) is 0.250. The number of hydrogen-bond acceptors (Lipinski definition) is 5. The lowest BCUT2D eigenvalue weighted by atomic mass is 10.3. The van der Waals surface area contributed by atoms with Gasteiger partial charge in [-0.15, -0.1) is 6.42 Å². The van der Waals surface area contributed by atoms with Crippen molar-refractivity contribution in [2.75, 3.05) is 6.54 Å². The molecule has 0 fully saturated rings. The van der Waals surface area contributed by atoms with Crippen LogP contribution in [-0.2, 0) is 0 Å². The van der Waals surface area contributed by atoms with Crippen molar-refractivity contribution in [1.82, 2.24) is 10.5 Å². The highest BCUT2D eigenvalue weighted by atomic mass is 16.6. The molecule has 0 aliphatic rings. The summed E-state index contributed by atoms with van der Waals surface area (Å²) < 4.78 is 4.55. The molecule has 0 atom stereocenters. The first kappa shape index (κ1) is 10.7. The molecule has 78 valence electrons. The van der Waals surface area contributed by atoms with Crippen LogP contribution < -0.4 is 5.32 Å². The van der Waals surface area contributed by atoms with Crippen LogP contribution in [0, 0.1) is 29.4 Å². The summed E-state index contributed by atoms with van der Waals surface area (Å²) in [7, 11) is 0. The number of nitrogens with one attached hydrogen (secondary N) is 1. The summed E-state index contributed by atoms with van der Waals surface area (Å²) >= 11 is 0. The molecule has 7 heteroatoms. The van der Waals surface area contributed by atoms with Gasteiger partial charge >= 0.3 is 5.69 Å². The smallest absolute Gasteiger partial charge is 0.344 e. The number of aryl methyl sites for hydroxylation is 1. The summed E-state index contributed by atoms with van der Waals surface area (Å²) in [5.74, 6) is 1.42. The van der Waals surface area contributed by atoms with E-state index in [2.05, 4.69) is 20.9 Å². The summed E-state index contributed by atoms with van der Waals surface area (Å²) in [4.78, 5) is 21.2. The van der Waals surface area contributed by atoms with Crippen LogP contribution >= 0.6 is 0 Å². The number of nitro groups is 1. The Labute approximate surface area is 84.6 Å². The van der Waals surface area contributed by atoms with Crippen molar-refractivity contribution in [2.24, 2.45) is 0 Å². The zero-order chi connectivity index (χ0) is 11.4. The molecule has 0 aliphatic heterocycles. The van der Waals surface area contributed by atoms with E-state index in [1.54, 1.807) is 0 Å². The van der Waals surface area contributed by atoms with Crippen molar-refractivity contribution in [1.29, 1.82) is 0 Å². The van der Waals surface area contributed by atoms with E-state index in [9.17, 15) is 14.9 Å². The van der Waals surface area contributed by atoms with Crippen molar-refractivity contribution in [3.8, 4) is 12.3 Å². The first-order chi connectivity index (χ1) is 7.07. The lowest BCUT2D eigenvalue weighted by molar-refractivity contribution is -0.386. The molecule has 0 radical (unpaired) electrons. The minimum Gasteiger partial charge on any atom is -0.353 e. The van der Waals surface area contributed by atoms with Crippen LogP contribution in [0.1, 0.15) is 16.2 Å². The standard InChI is InChI=1S/C8H7N3O4/c1-3-4-9-8(12)6-7(11(13)14)5(2)15-10-6/h1H,4H2,2H3,(H,9,12). The maximum Gasteiger partial charge on any atom is 0.344 e. The number of carbonyl (C=O) groups is 1. The van der Waals surface area contributed by atoms with Gasteiger partial charge in [0.1, 0.15) is 0 Å². The molecule has 1 aromatic heterocycles. The Balaban J connectivity index is 3.00. The average molecular weight is 209 g/mol. The van der Waals surface area contributed by atoms with E-state index < -0.39 is 16.5 Å². The molecule has 0 saturated carbocycles. The lowest BCUT2D eigenvalue weighted by Gasteiger charge is -1.95. The molecule has 1 aromatic rings. The molecule has 0 aliphatic carbocycles. The number of amides is 1. The van der Waals surface area contributed by atoms with E-state index in [1.165, 1.54) is 6.92 Å². The van der Waals surface area contributed by atoms with Gasteiger partial charge in [-0.1, -0.05) is 11.1 Å². The molecule has 0 bridgehead atoms. The summed E-state index contributed by atoms with van der Waals surface area (Å²) in [5, 5.41) is 16.1. The predicted molar refractivity (Wildman–Crippen MR) is 49.1 cm³/mol. The van der Waals surface area contributed by atoms with Crippen LogP contribution in [0.5, 0.6) is 0 Å². The van der Waals surface area contributed by atoms with Gasteiger partial charge in [-0.05, 0) is 0 Å². The van der Waals surface area contributed by atoms with E-state index in [0.717, 1.165) is 0 Å². The van der Waals surface area contributed by atoms with Gasteiger partial charge in [0.15, 0.2) is 0 Å². The molecule has 0 aromatic carbocycles. The number of nitrogens with zero attached hydrogens (tertiary/aromatic N) is 2. The van der Waals surface area contributed by atoms with Crippen molar-refractivity contribution in [3.63, 3.8) is 0 Å². The second-order valence-electron chi connectivity index (χ2n) is 2.58. The number of hydrogen-bond donors (Lipinski definition) is 1. The van der Waals surface area contributed by atoms with E-state index >= 15 is 0 Å². The minimum atomic E-state index is -0.726. The molecule has 15 heavy (non-hydrogen) atoms. The van der Waals surface area contributed by atoms with Crippen molar-refractivity contribution in [3.05, 3.63) is 21.6 Å². The van der Waals surface area contributed by atoms with Gasteiger partial charge in [-0.2, -0.15) is 0 Å². The molecule has 7 nitrogen and oxygen atoms in total. The lowest BCUT2D eigenvalue weighted by Crippen LogP contribution is -2.24. The molecule has 1 N–H and O–H groups in total. The molecule has 1 heterocycles. The monoisotopic (exact) mass is 209 g/mol. The Hall–Kier alpha value is -2.36. The molecule has 0 spiro atoms. The largest absolute Gasteiger partial charge is 0.353 e. The first-order valence-electron chi connectivity index (χ1n) is 3.90. The molecular formula is C8H7N3O4. The fourth-order valence-electron chi connectivity index (χ4n) is 0.946. The van der Waals surface area contributed by atoms with Crippen molar-refractivity contribution in [2.45, 2.75) is 6.92 Å². The number of aromatic nitrogens is 1. The zero-order valence-corrected chi connectivity index (χ0v) is 7.81. The summed E-state index contributed by atoms with van der Waals surface area (Å²) in [6, 6.07) is 0.